The van der Waals surface area contributed by atoms with Gasteiger partial charge < -0.3 is 9.73 Å². The molecular formula is C21H14BrClN2O2. The Morgan fingerprint density at radius 2 is 1.96 bits per heavy atom. The highest BCUT2D eigenvalue weighted by molar-refractivity contribution is 9.10. The van der Waals surface area contributed by atoms with Gasteiger partial charge in [-0.15, -0.1) is 0 Å². The fraction of sp³-hybridized carbons (Fsp3) is 0.0476. The topological polar surface area (TPSA) is 55.1 Å². The highest BCUT2D eigenvalue weighted by Crippen LogP contribution is 2.32. The average Bonchev–Trinajstić information content (AvgIpc) is 3.06. The van der Waals surface area contributed by atoms with E-state index in [-0.39, 0.29) is 5.91 Å². The summed E-state index contributed by atoms with van der Waals surface area (Å²) in [6.45, 7) is 2.00. The molecule has 4 nitrogen and oxygen atoms in total. The number of hydrogen-bond donors (Lipinski definition) is 1. The maximum absolute atomic E-state index is 12.5. The summed E-state index contributed by atoms with van der Waals surface area (Å²) in [7, 11) is 0. The number of anilines is 1. The van der Waals surface area contributed by atoms with Crippen LogP contribution < -0.4 is 5.32 Å². The Morgan fingerprint density at radius 3 is 2.78 bits per heavy atom. The molecular weight excluding hydrogens is 428 g/mol. The summed E-state index contributed by atoms with van der Waals surface area (Å²) < 4.78 is 6.68. The predicted octanol–water partition coefficient (Wildman–Crippen LogP) is 6.47. The molecule has 3 aromatic carbocycles. The number of halogens is 2. The molecule has 0 unspecified atom stereocenters. The molecule has 4 aromatic rings. The molecule has 0 aliphatic carbocycles. The van der Waals surface area contributed by atoms with Crippen LogP contribution >= 0.6 is 27.5 Å². The van der Waals surface area contributed by atoms with Gasteiger partial charge in [0.1, 0.15) is 5.52 Å². The minimum Gasteiger partial charge on any atom is -0.436 e. The Labute approximate surface area is 169 Å². The lowest BCUT2D eigenvalue weighted by atomic mass is 10.1. The third-order valence-electron chi connectivity index (χ3n) is 4.08. The van der Waals surface area contributed by atoms with Gasteiger partial charge in [0.2, 0.25) is 5.89 Å². The highest BCUT2D eigenvalue weighted by Gasteiger charge is 2.14. The number of nitrogens with one attached hydrogen (secondary N) is 1. The van der Waals surface area contributed by atoms with Crippen LogP contribution in [0.25, 0.3) is 22.6 Å². The number of nitrogens with zero attached hydrogens (tertiary/aromatic N) is 1. The van der Waals surface area contributed by atoms with Crippen molar-refractivity contribution >= 4 is 50.2 Å². The van der Waals surface area contributed by atoms with Gasteiger partial charge in [0, 0.05) is 15.7 Å². The number of hydrogen-bond acceptors (Lipinski definition) is 3. The van der Waals surface area contributed by atoms with Crippen LogP contribution in [0.15, 0.2) is 69.6 Å². The van der Waals surface area contributed by atoms with Crippen molar-refractivity contribution in [1.29, 1.82) is 0 Å². The van der Waals surface area contributed by atoms with Gasteiger partial charge in [0.15, 0.2) is 5.58 Å². The average molecular weight is 442 g/mol. The van der Waals surface area contributed by atoms with Crippen molar-refractivity contribution < 1.29 is 9.21 Å². The lowest BCUT2D eigenvalue weighted by molar-refractivity contribution is 0.102. The fourth-order valence-corrected chi connectivity index (χ4v) is 3.35. The molecule has 0 fully saturated rings. The van der Waals surface area contributed by atoms with E-state index >= 15 is 0 Å². The van der Waals surface area contributed by atoms with E-state index in [2.05, 4.69) is 26.2 Å². The molecule has 27 heavy (non-hydrogen) atoms. The van der Waals surface area contributed by atoms with E-state index in [1.54, 1.807) is 30.3 Å². The fourth-order valence-electron chi connectivity index (χ4n) is 2.75. The molecule has 0 saturated carbocycles. The zero-order chi connectivity index (χ0) is 19.0. The van der Waals surface area contributed by atoms with Crippen LogP contribution in [0.1, 0.15) is 15.9 Å². The number of aryl methyl sites for hydroxylation is 1. The van der Waals surface area contributed by atoms with Crippen molar-refractivity contribution in [3.8, 4) is 11.5 Å². The number of fused-ring (bicyclic) bond motifs is 1. The van der Waals surface area contributed by atoms with E-state index in [4.69, 9.17) is 16.0 Å². The Hall–Kier alpha value is -2.63. The Morgan fingerprint density at radius 1 is 1.11 bits per heavy atom. The lowest BCUT2D eigenvalue weighted by Gasteiger charge is -2.08. The van der Waals surface area contributed by atoms with Gasteiger partial charge in [0.05, 0.1) is 10.6 Å². The SMILES string of the molecule is Cc1ccc2oc(-c3cc(NC(=O)c4cccc(Br)c4)ccc3Cl)nc2c1. The van der Waals surface area contributed by atoms with E-state index in [0.29, 0.717) is 33.3 Å². The van der Waals surface area contributed by atoms with E-state index in [1.165, 1.54) is 0 Å². The zero-order valence-electron chi connectivity index (χ0n) is 14.3. The molecule has 1 amide bonds. The van der Waals surface area contributed by atoms with Gasteiger partial charge in [-0.3, -0.25) is 4.79 Å². The largest absolute Gasteiger partial charge is 0.436 e. The van der Waals surface area contributed by atoms with Crippen LogP contribution in [-0.4, -0.2) is 10.9 Å². The summed E-state index contributed by atoms with van der Waals surface area (Å²) >= 11 is 9.72. The van der Waals surface area contributed by atoms with Crippen molar-refractivity contribution in [2.24, 2.45) is 0 Å². The van der Waals surface area contributed by atoms with Gasteiger partial charge in [-0.2, -0.15) is 0 Å². The van der Waals surface area contributed by atoms with E-state index in [1.807, 2.05) is 37.3 Å². The molecule has 6 heteroatoms. The van der Waals surface area contributed by atoms with Crippen LogP contribution in [0.5, 0.6) is 0 Å². The first-order chi connectivity index (χ1) is 13.0. The minimum atomic E-state index is -0.210. The maximum atomic E-state index is 12.5. The highest BCUT2D eigenvalue weighted by atomic mass is 79.9. The molecule has 0 aliphatic heterocycles. The summed E-state index contributed by atoms with van der Waals surface area (Å²) in [4.78, 5) is 17.0. The molecule has 4 rings (SSSR count). The van der Waals surface area contributed by atoms with E-state index < -0.39 is 0 Å². The number of rotatable bonds is 3. The van der Waals surface area contributed by atoms with Crippen LogP contribution in [0.4, 0.5) is 5.69 Å². The van der Waals surface area contributed by atoms with Gasteiger partial charge in [-0.25, -0.2) is 4.98 Å². The number of carbonyl (C=O) groups excluding carboxylic acids is 1. The number of amides is 1. The van der Waals surface area contributed by atoms with Crippen molar-refractivity contribution in [2.75, 3.05) is 5.32 Å². The first kappa shape index (κ1) is 17.8. The molecule has 0 spiro atoms. The van der Waals surface area contributed by atoms with Crippen LogP contribution in [0.3, 0.4) is 0 Å². The molecule has 0 atom stereocenters. The lowest BCUT2D eigenvalue weighted by Crippen LogP contribution is -2.11. The Balaban J connectivity index is 1.67. The summed E-state index contributed by atoms with van der Waals surface area (Å²) in [6.07, 6.45) is 0. The smallest absolute Gasteiger partial charge is 0.255 e. The van der Waals surface area contributed by atoms with Crippen molar-refractivity contribution in [3.05, 3.63) is 81.3 Å². The molecule has 134 valence electrons. The minimum absolute atomic E-state index is 0.210. The first-order valence-corrected chi connectivity index (χ1v) is 9.41. The standard InChI is InChI=1S/C21H14BrClN2O2/c1-12-5-8-19-18(9-12)25-21(27-19)16-11-15(6-7-17(16)23)24-20(26)13-3-2-4-14(22)10-13/h2-11H,1H3,(H,24,26). The Bertz CT molecular complexity index is 1170. The molecule has 1 N–H and O–H groups in total. The van der Waals surface area contributed by atoms with Gasteiger partial charge >= 0.3 is 0 Å². The predicted molar refractivity (Wildman–Crippen MR) is 111 cm³/mol. The van der Waals surface area contributed by atoms with Gasteiger partial charge in [-0.05, 0) is 61.0 Å². The van der Waals surface area contributed by atoms with Crippen LogP contribution in [0.2, 0.25) is 5.02 Å². The van der Waals surface area contributed by atoms with Crippen LogP contribution in [-0.2, 0) is 0 Å². The van der Waals surface area contributed by atoms with E-state index in [9.17, 15) is 4.79 Å². The third-order valence-corrected chi connectivity index (χ3v) is 4.91. The number of benzene rings is 3. The molecule has 0 bridgehead atoms. The number of aromatic nitrogens is 1. The molecule has 0 aliphatic rings. The van der Waals surface area contributed by atoms with Crippen molar-refractivity contribution in [2.45, 2.75) is 6.92 Å². The second-order valence-corrected chi connectivity index (χ2v) is 7.47. The van der Waals surface area contributed by atoms with Gasteiger partial charge in [-0.1, -0.05) is 39.7 Å². The zero-order valence-corrected chi connectivity index (χ0v) is 16.6. The molecule has 0 radical (unpaired) electrons. The van der Waals surface area contributed by atoms with E-state index in [0.717, 1.165) is 15.6 Å². The van der Waals surface area contributed by atoms with Crippen LogP contribution in [0, 0.1) is 6.92 Å². The monoisotopic (exact) mass is 440 g/mol. The maximum Gasteiger partial charge on any atom is 0.255 e. The molecule has 1 heterocycles. The third kappa shape index (κ3) is 3.75. The van der Waals surface area contributed by atoms with Gasteiger partial charge in [0.25, 0.3) is 5.91 Å². The molecule has 0 saturated heterocycles. The summed E-state index contributed by atoms with van der Waals surface area (Å²) in [6, 6.07) is 18.2. The summed E-state index contributed by atoms with van der Waals surface area (Å²) in [5.41, 5.74) is 4.34. The first-order valence-electron chi connectivity index (χ1n) is 8.23. The number of carbonyl (C=O) groups is 1. The second kappa shape index (κ2) is 7.18. The number of oxazole rings is 1. The summed E-state index contributed by atoms with van der Waals surface area (Å²) in [5, 5.41) is 3.38. The van der Waals surface area contributed by atoms with Crippen molar-refractivity contribution in [3.63, 3.8) is 0 Å². The normalized spacial score (nSPS) is 10.9. The summed E-state index contributed by atoms with van der Waals surface area (Å²) in [5.74, 6) is 0.205. The quantitative estimate of drug-likeness (QED) is 0.396. The second-order valence-electron chi connectivity index (χ2n) is 6.15. The van der Waals surface area contributed by atoms with Crippen molar-refractivity contribution in [1.82, 2.24) is 4.98 Å². The Kier molecular flexibility index (Phi) is 4.72. The molecule has 1 aromatic heterocycles.